The minimum absolute atomic E-state index is 0. The van der Waals surface area contributed by atoms with Gasteiger partial charge in [-0.15, -0.1) is 24.0 Å². The molecule has 178 valence electrons. The van der Waals surface area contributed by atoms with E-state index in [9.17, 15) is 0 Å². The number of benzene rings is 1. The van der Waals surface area contributed by atoms with Crippen molar-refractivity contribution in [3.05, 3.63) is 35.4 Å². The highest BCUT2D eigenvalue weighted by atomic mass is 127. The third-order valence-corrected chi connectivity index (χ3v) is 5.73. The molecule has 1 aliphatic heterocycles. The van der Waals surface area contributed by atoms with Crippen molar-refractivity contribution in [1.82, 2.24) is 15.1 Å². The molecule has 1 heterocycles. The first-order chi connectivity index (χ1) is 14.7. The monoisotopic (exact) mass is 546 g/mol. The van der Waals surface area contributed by atoms with E-state index in [1.165, 1.54) is 11.1 Å². The van der Waals surface area contributed by atoms with E-state index in [1.54, 1.807) is 7.11 Å². The van der Waals surface area contributed by atoms with Crippen molar-refractivity contribution in [2.75, 3.05) is 53.0 Å². The van der Waals surface area contributed by atoms with Crippen molar-refractivity contribution in [2.24, 2.45) is 4.99 Å². The van der Waals surface area contributed by atoms with Crippen molar-refractivity contribution in [1.29, 1.82) is 0 Å². The van der Waals surface area contributed by atoms with E-state index in [0.29, 0.717) is 12.6 Å². The summed E-state index contributed by atoms with van der Waals surface area (Å²) in [5.74, 6) is 1.02. The topological polar surface area (TPSA) is 49.3 Å². The fourth-order valence-corrected chi connectivity index (χ4v) is 3.83. The second-order valence-corrected chi connectivity index (χ2v) is 7.80. The van der Waals surface area contributed by atoms with Gasteiger partial charge in [-0.05, 0) is 50.4 Å². The van der Waals surface area contributed by atoms with E-state index in [0.717, 1.165) is 77.7 Å². The number of hydrogen-bond donors (Lipinski definition) is 1. The van der Waals surface area contributed by atoms with Crippen molar-refractivity contribution >= 4 is 29.9 Å². The number of rotatable bonds is 12. The highest BCUT2D eigenvalue weighted by molar-refractivity contribution is 14.0. The Balaban J connectivity index is 0.00000480. The molecule has 1 fully saturated rings. The van der Waals surface area contributed by atoms with Gasteiger partial charge in [0.1, 0.15) is 0 Å². The third kappa shape index (κ3) is 10.1. The molecule has 0 saturated carbocycles. The van der Waals surface area contributed by atoms with E-state index in [1.807, 2.05) is 0 Å². The first kappa shape index (κ1) is 28.1. The van der Waals surface area contributed by atoms with Gasteiger partial charge in [0.2, 0.25) is 0 Å². The molecule has 31 heavy (non-hydrogen) atoms. The number of methoxy groups -OCH3 is 1. The highest BCUT2D eigenvalue weighted by Gasteiger charge is 2.22. The molecule has 2 rings (SSSR count). The third-order valence-electron chi connectivity index (χ3n) is 5.73. The maximum atomic E-state index is 6.00. The van der Waals surface area contributed by atoms with E-state index in [2.05, 4.69) is 60.2 Å². The molecule has 0 unspecified atom stereocenters. The molecule has 1 aromatic carbocycles. The number of ether oxygens (including phenoxy) is 2. The van der Waals surface area contributed by atoms with Crippen LogP contribution in [0, 0.1) is 0 Å². The van der Waals surface area contributed by atoms with Gasteiger partial charge >= 0.3 is 0 Å². The minimum atomic E-state index is 0. The fourth-order valence-electron chi connectivity index (χ4n) is 3.83. The van der Waals surface area contributed by atoms with Crippen LogP contribution in [-0.2, 0) is 22.6 Å². The van der Waals surface area contributed by atoms with Crippen LogP contribution in [0.4, 0.5) is 0 Å². The summed E-state index contributed by atoms with van der Waals surface area (Å²) in [6.07, 6.45) is 3.43. The van der Waals surface area contributed by atoms with Gasteiger partial charge < -0.3 is 19.7 Å². The Morgan fingerprint density at radius 3 is 2.39 bits per heavy atom. The average molecular weight is 547 g/mol. The first-order valence-electron chi connectivity index (χ1n) is 11.6. The lowest BCUT2D eigenvalue weighted by Gasteiger charge is -2.34. The molecular weight excluding hydrogens is 503 g/mol. The van der Waals surface area contributed by atoms with E-state index >= 15 is 0 Å². The van der Waals surface area contributed by atoms with Crippen LogP contribution in [0.3, 0.4) is 0 Å². The normalized spacial score (nSPS) is 15.3. The van der Waals surface area contributed by atoms with Gasteiger partial charge in [0, 0.05) is 46.5 Å². The zero-order valence-corrected chi connectivity index (χ0v) is 22.3. The number of halogens is 1. The summed E-state index contributed by atoms with van der Waals surface area (Å²) >= 11 is 0. The molecule has 1 saturated heterocycles. The maximum absolute atomic E-state index is 6.00. The summed E-state index contributed by atoms with van der Waals surface area (Å²) < 4.78 is 11.1. The molecule has 7 heteroatoms. The molecule has 0 bridgehead atoms. The van der Waals surface area contributed by atoms with Crippen LogP contribution in [-0.4, -0.2) is 74.9 Å². The van der Waals surface area contributed by atoms with Gasteiger partial charge in [-0.1, -0.05) is 38.1 Å². The fraction of sp³-hybridized carbons (Fsp3) is 0.708. The molecule has 1 aromatic rings. The summed E-state index contributed by atoms with van der Waals surface area (Å²) in [5.41, 5.74) is 2.69. The number of hydrogen-bond acceptors (Lipinski definition) is 4. The smallest absolute Gasteiger partial charge is 0.194 e. The lowest BCUT2D eigenvalue weighted by molar-refractivity contribution is 0.00990. The molecule has 0 radical (unpaired) electrons. The van der Waals surface area contributed by atoms with Crippen molar-refractivity contribution < 1.29 is 9.47 Å². The van der Waals surface area contributed by atoms with Gasteiger partial charge in [0.25, 0.3) is 0 Å². The minimum Gasteiger partial charge on any atom is -0.385 e. The molecule has 6 nitrogen and oxygen atoms in total. The molecule has 0 spiro atoms. The Morgan fingerprint density at radius 2 is 1.77 bits per heavy atom. The highest BCUT2D eigenvalue weighted by Crippen LogP contribution is 2.16. The number of aliphatic imine (C=N–C) groups is 1. The van der Waals surface area contributed by atoms with Gasteiger partial charge in [0.05, 0.1) is 12.6 Å². The summed E-state index contributed by atoms with van der Waals surface area (Å²) in [6, 6.07) is 8.71. The number of guanidine groups is 1. The quantitative estimate of drug-likeness (QED) is 0.185. The van der Waals surface area contributed by atoms with Gasteiger partial charge in [-0.2, -0.15) is 0 Å². The number of nitrogens with zero attached hydrogens (tertiary/aromatic N) is 3. The molecule has 1 aliphatic rings. The summed E-state index contributed by atoms with van der Waals surface area (Å²) in [4.78, 5) is 9.82. The van der Waals surface area contributed by atoms with Crippen molar-refractivity contribution in [3.8, 4) is 0 Å². The number of likely N-dealkylation sites (tertiary alicyclic amines) is 1. The van der Waals surface area contributed by atoms with E-state index in [4.69, 9.17) is 14.5 Å². The van der Waals surface area contributed by atoms with Gasteiger partial charge in [-0.3, -0.25) is 4.90 Å². The number of nitrogens with one attached hydrogen (secondary N) is 1. The first-order valence-corrected chi connectivity index (χ1v) is 11.6. The zero-order valence-electron chi connectivity index (χ0n) is 19.9. The van der Waals surface area contributed by atoms with Crippen LogP contribution in [0.2, 0.25) is 0 Å². The average Bonchev–Trinajstić information content (AvgIpc) is 2.79. The Kier molecular flexibility index (Phi) is 15.2. The van der Waals surface area contributed by atoms with Crippen LogP contribution >= 0.6 is 24.0 Å². The lowest BCUT2D eigenvalue weighted by Crippen LogP contribution is -2.47. The molecule has 0 aliphatic carbocycles. The van der Waals surface area contributed by atoms with Crippen LogP contribution in [0.15, 0.2) is 29.3 Å². The van der Waals surface area contributed by atoms with E-state index < -0.39 is 0 Å². The Labute approximate surface area is 206 Å². The second kappa shape index (κ2) is 16.7. The molecule has 0 amide bonds. The lowest BCUT2D eigenvalue weighted by atomic mass is 10.1. The van der Waals surface area contributed by atoms with Gasteiger partial charge in [0.15, 0.2) is 5.96 Å². The maximum Gasteiger partial charge on any atom is 0.194 e. The van der Waals surface area contributed by atoms with Crippen LogP contribution < -0.4 is 5.32 Å². The molecular formula is C24H43IN4O2. The van der Waals surface area contributed by atoms with Crippen molar-refractivity contribution in [3.63, 3.8) is 0 Å². The predicted octanol–water partition coefficient (Wildman–Crippen LogP) is 4.13. The Bertz CT molecular complexity index is 617. The Morgan fingerprint density at radius 1 is 1.10 bits per heavy atom. The van der Waals surface area contributed by atoms with Crippen LogP contribution in [0.5, 0.6) is 0 Å². The SMILES string of the molecule is CCNC(=NCc1ccccc1CN(CC)CC)N1CCC(OCCCOC)CC1.I. The van der Waals surface area contributed by atoms with Crippen LogP contribution in [0.1, 0.15) is 51.2 Å². The summed E-state index contributed by atoms with van der Waals surface area (Å²) in [7, 11) is 1.74. The molecule has 0 atom stereocenters. The predicted molar refractivity (Wildman–Crippen MR) is 140 cm³/mol. The molecule has 0 aromatic heterocycles. The van der Waals surface area contributed by atoms with E-state index in [-0.39, 0.29) is 24.0 Å². The van der Waals surface area contributed by atoms with Gasteiger partial charge in [-0.25, -0.2) is 4.99 Å². The largest absolute Gasteiger partial charge is 0.385 e. The van der Waals surface area contributed by atoms with Crippen LogP contribution in [0.25, 0.3) is 0 Å². The summed E-state index contributed by atoms with van der Waals surface area (Å²) in [5, 5.41) is 3.49. The second-order valence-electron chi connectivity index (χ2n) is 7.80. The molecule has 1 N–H and O–H groups in total. The zero-order chi connectivity index (χ0) is 21.6. The Hall–Kier alpha value is -0.900. The summed E-state index contributed by atoms with van der Waals surface area (Å²) in [6.45, 7) is 14.8. The standard InChI is InChI=1S/C24H42N4O2.HI/c1-5-25-24(28-15-13-23(14-16-28)30-18-10-17-29-4)26-19-21-11-8-9-12-22(21)20-27(6-2)7-3;/h8-9,11-12,23H,5-7,10,13-20H2,1-4H3,(H,25,26);1H. The van der Waals surface area contributed by atoms with Crippen molar-refractivity contribution in [2.45, 2.75) is 59.2 Å². The number of piperidine rings is 1.